The molecule has 0 unspecified atom stereocenters. The van der Waals surface area contributed by atoms with Gasteiger partial charge in [0.1, 0.15) is 0 Å². The van der Waals surface area contributed by atoms with Crippen molar-refractivity contribution in [2.24, 2.45) is 0 Å². The molecule has 2 rings (SSSR count). The summed E-state index contributed by atoms with van der Waals surface area (Å²) in [5.74, 6) is 0.110. The first-order valence-corrected chi connectivity index (χ1v) is 5.52. The molecular formula is C12H11NOS. The van der Waals surface area contributed by atoms with Crippen LogP contribution < -0.4 is 0 Å². The van der Waals surface area contributed by atoms with Gasteiger partial charge in [0.25, 0.3) is 0 Å². The Morgan fingerprint density at radius 1 is 1.33 bits per heavy atom. The van der Waals surface area contributed by atoms with Crippen molar-refractivity contribution >= 4 is 17.1 Å². The molecule has 0 spiro atoms. The van der Waals surface area contributed by atoms with E-state index in [0.29, 0.717) is 0 Å². The minimum Gasteiger partial charge on any atom is -0.294 e. The molecule has 2 aromatic heterocycles. The van der Waals surface area contributed by atoms with Gasteiger partial charge in [-0.15, -0.1) is 11.3 Å². The van der Waals surface area contributed by atoms with Crippen molar-refractivity contribution in [2.75, 3.05) is 0 Å². The van der Waals surface area contributed by atoms with Crippen LogP contribution in [0.3, 0.4) is 0 Å². The van der Waals surface area contributed by atoms with Crippen LogP contribution in [0.15, 0.2) is 30.5 Å². The van der Waals surface area contributed by atoms with E-state index in [0.717, 1.165) is 15.4 Å². The smallest absolute Gasteiger partial charge is 0.169 e. The minimum absolute atomic E-state index is 0.110. The van der Waals surface area contributed by atoms with Crippen LogP contribution in [0.25, 0.3) is 10.6 Å². The number of hydrogen-bond acceptors (Lipinski definition) is 3. The molecule has 0 fully saturated rings. The zero-order valence-electron chi connectivity index (χ0n) is 8.65. The molecule has 2 nitrogen and oxygen atoms in total. The Hall–Kier alpha value is -1.48. The van der Waals surface area contributed by atoms with E-state index < -0.39 is 0 Å². The number of aryl methyl sites for hydroxylation is 1. The van der Waals surface area contributed by atoms with Gasteiger partial charge in [-0.05, 0) is 43.7 Å². The Bertz CT molecular complexity index is 502. The highest BCUT2D eigenvalue weighted by Crippen LogP contribution is 2.27. The van der Waals surface area contributed by atoms with E-state index in [1.54, 1.807) is 13.1 Å². The second-order valence-corrected chi connectivity index (χ2v) is 4.52. The lowest BCUT2D eigenvalue weighted by molar-refractivity contribution is 0.102. The molecule has 76 valence electrons. The van der Waals surface area contributed by atoms with E-state index >= 15 is 0 Å². The van der Waals surface area contributed by atoms with Gasteiger partial charge in [0.15, 0.2) is 5.78 Å². The highest BCUT2D eigenvalue weighted by molar-refractivity contribution is 7.17. The minimum atomic E-state index is 0.110. The lowest BCUT2D eigenvalue weighted by Gasteiger charge is -1.96. The maximum absolute atomic E-state index is 11.1. The van der Waals surface area contributed by atoms with Crippen LogP contribution in [0.1, 0.15) is 22.2 Å². The number of aromatic nitrogens is 1. The first-order valence-electron chi connectivity index (χ1n) is 4.70. The summed E-state index contributed by atoms with van der Waals surface area (Å²) >= 11 is 1.49. The zero-order chi connectivity index (χ0) is 10.8. The monoisotopic (exact) mass is 217 g/mol. The maximum Gasteiger partial charge on any atom is 0.169 e. The van der Waals surface area contributed by atoms with Crippen molar-refractivity contribution in [2.45, 2.75) is 13.8 Å². The molecular weight excluding hydrogens is 206 g/mol. The van der Waals surface area contributed by atoms with E-state index in [2.05, 4.69) is 4.98 Å². The Morgan fingerprint density at radius 3 is 2.73 bits per heavy atom. The van der Waals surface area contributed by atoms with Gasteiger partial charge in [-0.3, -0.25) is 9.78 Å². The van der Waals surface area contributed by atoms with Crippen molar-refractivity contribution < 1.29 is 4.79 Å². The molecule has 0 aliphatic carbocycles. The van der Waals surface area contributed by atoms with Crippen LogP contribution in [-0.4, -0.2) is 10.8 Å². The van der Waals surface area contributed by atoms with Gasteiger partial charge in [-0.2, -0.15) is 0 Å². The van der Waals surface area contributed by atoms with E-state index in [1.165, 1.54) is 16.9 Å². The molecule has 0 aliphatic heterocycles. The average Bonchev–Trinajstić information content (AvgIpc) is 2.66. The first-order chi connectivity index (χ1) is 7.16. The summed E-state index contributed by atoms with van der Waals surface area (Å²) in [6, 6.07) is 7.79. The summed E-state index contributed by atoms with van der Waals surface area (Å²) < 4.78 is 0. The third kappa shape index (κ3) is 2.13. The topological polar surface area (TPSA) is 30.0 Å². The molecule has 0 aliphatic rings. The summed E-state index contributed by atoms with van der Waals surface area (Å²) in [6.07, 6.45) is 1.79. The van der Waals surface area contributed by atoms with Gasteiger partial charge in [-0.25, -0.2) is 0 Å². The van der Waals surface area contributed by atoms with Crippen LogP contribution in [0.2, 0.25) is 0 Å². The number of pyridine rings is 1. The van der Waals surface area contributed by atoms with E-state index in [1.807, 2.05) is 31.2 Å². The Labute approximate surface area is 92.6 Å². The highest BCUT2D eigenvalue weighted by atomic mass is 32.1. The predicted molar refractivity (Wildman–Crippen MR) is 62.3 cm³/mol. The van der Waals surface area contributed by atoms with Crippen molar-refractivity contribution in [1.29, 1.82) is 0 Å². The molecule has 2 heterocycles. The van der Waals surface area contributed by atoms with Crippen molar-refractivity contribution in [3.8, 4) is 10.6 Å². The molecule has 0 N–H and O–H groups in total. The Balaban J connectivity index is 2.41. The number of carbonyl (C=O) groups excluding carboxylic acids is 1. The molecule has 0 bridgehead atoms. The molecule has 0 atom stereocenters. The fourth-order valence-electron chi connectivity index (χ4n) is 1.34. The van der Waals surface area contributed by atoms with E-state index in [9.17, 15) is 4.79 Å². The van der Waals surface area contributed by atoms with Crippen LogP contribution in [0.5, 0.6) is 0 Å². The summed E-state index contributed by atoms with van der Waals surface area (Å²) in [5, 5.41) is 0. The van der Waals surface area contributed by atoms with Gasteiger partial charge >= 0.3 is 0 Å². The summed E-state index contributed by atoms with van der Waals surface area (Å²) in [5.41, 5.74) is 2.12. The first kappa shape index (κ1) is 10.1. The number of ketones is 1. The number of rotatable bonds is 2. The lowest BCUT2D eigenvalue weighted by Crippen LogP contribution is -1.83. The molecule has 0 radical (unpaired) electrons. The van der Waals surface area contributed by atoms with E-state index in [4.69, 9.17) is 0 Å². The van der Waals surface area contributed by atoms with Gasteiger partial charge in [0, 0.05) is 6.20 Å². The molecule has 0 aromatic carbocycles. The number of nitrogens with zero attached hydrogens (tertiary/aromatic N) is 1. The average molecular weight is 217 g/mol. The number of hydrogen-bond donors (Lipinski definition) is 0. The van der Waals surface area contributed by atoms with Gasteiger partial charge in [-0.1, -0.05) is 0 Å². The molecule has 2 aromatic rings. The van der Waals surface area contributed by atoms with Crippen molar-refractivity contribution in [3.05, 3.63) is 40.9 Å². The molecule has 0 amide bonds. The number of thiophene rings is 1. The van der Waals surface area contributed by atoms with Crippen molar-refractivity contribution in [3.63, 3.8) is 0 Å². The maximum atomic E-state index is 11.1. The molecule has 0 saturated heterocycles. The fraction of sp³-hybridized carbons (Fsp3) is 0.167. The van der Waals surface area contributed by atoms with Gasteiger partial charge in [0.2, 0.25) is 0 Å². The van der Waals surface area contributed by atoms with Crippen LogP contribution in [0, 0.1) is 6.92 Å². The van der Waals surface area contributed by atoms with E-state index in [-0.39, 0.29) is 5.78 Å². The largest absolute Gasteiger partial charge is 0.294 e. The van der Waals surface area contributed by atoms with Gasteiger partial charge in [0.05, 0.1) is 15.4 Å². The predicted octanol–water partition coefficient (Wildman–Crippen LogP) is 3.32. The molecule has 15 heavy (non-hydrogen) atoms. The summed E-state index contributed by atoms with van der Waals surface area (Å²) in [6.45, 7) is 3.62. The second kappa shape index (κ2) is 3.95. The Morgan fingerprint density at radius 2 is 2.13 bits per heavy atom. The SMILES string of the molecule is CC(=O)c1ccc(-c2cc(C)ccn2)s1. The number of carbonyl (C=O) groups is 1. The van der Waals surface area contributed by atoms with Crippen LogP contribution in [-0.2, 0) is 0 Å². The second-order valence-electron chi connectivity index (χ2n) is 3.44. The molecule has 3 heteroatoms. The summed E-state index contributed by atoms with van der Waals surface area (Å²) in [4.78, 5) is 17.3. The molecule has 0 saturated carbocycles. The lowest BCUT2D eigenvalue weighted by atomic mass is 10.2. The highest BCUT2D eigenvalue weighted by Gasteiger charge is 2.06. The van der Waals surface area contributed by atoms with Gasteiger partial charge < -0.3 is 0 Å². The normalized spacial score (nSPS) is 10.3. The summed E-state index contributed by atoms with van der Waals surface area (Å²) in [7, 11) is 0. The fourth-order valence-corrected chi connectivity index (χ4v) is 2.20. The third-order valence-corrected chi connectivity index (χ3v) is 3.33. The van der Waals surface area contributed by atoms with Crippen molar-refractivity contribution in [1.82, 2.24) is 4.98 Å². The standard InChI is InChI=1S/C12H11NOS/c1-8-5-6-13-10(7-8)12-4-3-11(15-12)9(2)14/h3-7H,1-2H3. The third-order valence-electron chi connectivity index (χ3n) is 2.12. The van der Waals surface area contributed by atoms with Crippen LogP contribution in [0.4, 0.5) is 0 Å². The number of Topliss-reactive ketones (excluding diaryl/α,β-unsaturated/α-hetero) is 1. The quantitative estimate of drug-likeness (QED) is 0.722. The zero-order valence-corrected chi connectivity index (χ0v) is 9.47. The van der Waals surface area contributed by atoms with Crippen LogP contribution >= 0.6 is 11.3 Å². The Kier molecular flexibility index (Phi) is 2.64.